The zero-order valence-corrected chi connectivity index (χ0v) is 17.3. The van der Waals surface area contributed by atoms with E-state index in [4.69, 9.17) is 10.2 Å². The van der Waals surface area contributed by atoms with Crippen molar-refractivity contribution in [3.05, 3.63) is 95.1 Å². The molecule has 152 valence electrons. The fourth-order valence-corrected chi connectivity index (χ4v) is 3.61. The van der Waals surface area contributed by atoms with Crippen LogP contribution in [-0.4, -0.2) is 23.4 Å². The molecule has 3 aromatic rings. The van der Waals surface area contributed by atoms with Crippen LogP contribution in [0.15, 0.2) is 72.8 Å². The van der Waals surface area contributed by atoms with Crippen LogP contribution < -0.4 is 0 Å². The molecule has 0 fully saturated rings. The van der Waals surface area contributed by atoms with Crippen molar-refractivity contribution in [2.24, 2.45) is 5.92 Å². The van der Waals surface area contributed by atoms with Gasteiger partial charge in [-0.3, -0.25) is 0 Å². The lowest BCUT2D eigenvalue weighted by molar-refractivity contribution is 0.142. The third-order valence-corrected chi connectivity index (χ3v) is 5.66. The molecule has 0 atom stereocenters. The second-order valence-electron chi connectivity index (χ2n) is 8.00. The molecule has 0 unspecified atom stereocenters. The summed E-state index contributed by atoms with van der Waals surface area (Å²) < 4.78 is 0. The molecule has 0 aliphatic carbocycles. The summed E-state index contributed by atoms with van der Waals surface area (Å²) in [6.07, 6.45) is 4.95. The molecular formula is C27H32O2. The number of benzene rings is 3. The summed E-state index contributed by atoms with van der Waals surface area (Å²) in [5.74, 6) is 0.0201. The van der Waals surface area contributed by atoms with E-state index >= 15 is 0 Å². The Hall–Kier alpha value is -2.42. The van der Waals surface area contributed by atoms with Crippen LogP contribution in [0, 0.1) is 12.8 Å². The van der Waals surface area contributed by atoms with E-state index in [1.807, 2.05) is 0 Å². The summed E-state index contributed by atoms with van der Waals surface area (Å²) in [5, 5.41) is 18.3. The summed E-state index contributed by atoms with van der Waals surface area (Å²) in [7, 11) is 0. The lowest BCUT2D eigenvalue weighted by atomic mass is 9.98. The van der Waals surface area contributed by atoms with Crippen LogP contribution in [-0.2, 0) is 19.3 Å². The highest BCUT2D eigenvalue weighted by atomic mass is 16.3. The molecule has 0 aliphatic heterocycles. The molecule has 0 aromatic heterocycles. The molecule has 0 saturated carbocycles. The molecule has 0 radical (unpaired) electrons. The Morgan fingerprint density at radius 3 is 1.48 bits per heavy atom. The largest absolute Gasteiger partial charge is 0.396 e. The van der Waals surface area contributed by atoms with Crippen LogP contribution >= 0.6 is 0 Å². The average molecular weight is 389 g/mol. The Balaban J connectivity index is 1.48. The Labute approximate surface area is 174 Å². The molecule has 0 aliphatic rings. The molecule has 2 nitrogen and oxygen atoms in total. The third kappa shape index (κ3) is 6.56. The van der Waals surface area contributed by atoms with Gasteiger partial charge < -0.3 is 10.2 Å². The first-order valence-electron chi connectivity index (χ1n) is 10.6. The number of rotatable bonds is 10. The topological polar surface area (TPSA) is 40.5 Å². The monoisotopic (exact) mass is 388 g/mol. The maximum Gasteiger partial charge on any atom is 0.0481 e. The van der Waals surface area contributed by atoms with Crippen molar-refractivity contribution in [2.45, 2.75) is 39.0 Å². The summed E-state index contributed by atoms with van der Waals surface area (Å²) in [4.78, 5) is 0. The molecule has 29 heavy (non-hydrogen) atoms. The Kier molecular flexibility index (Phi) is 8.03. The number of aryl methyl sites for hydroxylation is 4. The number of hydrogen-bond acceptors (Lipinski definition) is 2. The van der Waals surface area contributed by atoms with Crippen LogP contribution in [0.3, 0.4) is 0 Å². The van der Waals surface area contributed by atoms with E-state index in [2.05, 4.69) is 79.7 Å². The number of hydrogen-bond donors (Lipinski definition) is 2. The predicted molar refractivity (Wildman–Crippen MR) is 121 cm³/mol. The highest BCUT2D eigenvalue weighted by Gasteiger charge is 2.05. The number of aliphatic hydroxyl groups excluding tert-OH is 2. The molecule has 0 saturated heterocycles. The summed E-state index contributed by atoms with van der Waals surface area (Å²) >= 11 is 0. The van der Waals surface area contributed by atoms with Crippen LogP contribution in [0.5, 0.6) is 0 Å². The van der Waals surface area contributed by atoms with E-state index in [1.165, 1.54) is 33.4 Å². The first-order chi connectivity index (χ1) is 14.2. The minimum atomic E-state index is 0.0201. The molecule has 3 rings (SSSR count). The smallest absolute Gasteiger partial charge is 0.0481 e. The third-order valence-electron chi connectivity index (χ3n) is 5.66. The van der Waals surface area contributed by atoms with E-state index in [9.17, 15) is 0 Å². The van der Waals surface area contributed by atoms with Crippen molar-refractivity contribution in [1.29, 1.82) is 0 Å². The Morgan fingerprint density at radius 2 is 1.00 bits per heavy atom. The fourth-order valence-electron chi connectivity index (χ4n) is 3.61. The van der Waals surface area contributed by atoms with Gasteiger partial charge in [0, 0.05) is 19.1 Å². The van der Waals surface area contributed by atoms with Crippen molar-refractivity contribution in [2.75, 3.05) is 13.2 Å². The Bertz CT molecular complexity index is 845. The van der Waals surface area contributed by atoms with Crippen molar-refractivity contribution >= 4 is 0 Å². The van der Waals surface area contributed by atoms with Gasteiger partial charge in [-0.2, -0.15) is 0 Å². The fraction of sp³-hybridized carbons (Fsp3) is 0.333. The van der Waals surface area contributed by atoms with Crippen LogP contribution in [0.4, 0.5) is 0 Å². The zero-order chi connectivity index (χ0) is 20.5. The predicted octanol–water partition coefficient (Wildman–Crippen LogP) is 5.37. The summed E-state index contributed by atoms with van der Waals surface area (Å²) in [5.41, 5.74) is 7.87. The second-order valence-corrected chi connectivity index (χ2v) is 8.00. The summed E-state index contributed by atoms with van der Waals surface area (Å²) in [6.45, 7) is 2.26. The minimum Gasteiger partial charge on any atom is -0.396 e. The first kappa shape index (κ1) is 21.3. The zero-order valence-electron chi connectivity index (χ0n) is 17.3. The van der Waals surface area contributed by atoms with Gasteiger partial charge in [0.2, 0.25) is 0 Å². The molecular weight excluding hydrogens is 356 g/mol. The SMILES string of the molecule is Cc1ccc(-c2ccc(CCc3ccc(CCCC(CO)CO)cc3)cc2)cc1. The highest BCUT2D eigenvalue weighted by molar-refractivity contribution is 5.63. The van der Waals surface area contributed by atoms with Crippen LogP contribution in [0.25, 0.3) is 11.1 Å². The van der Waals surface area contributed by atoms with E-state index in [1.54, 1.807) is 0 Å². The van der Waals surface area contributed by atoms with Gasteiger partial charge in [-0.1, -0.05) is 78.4 Å². The van der Waals surface area contributed by atoms with Gasteiger partial charge in [-0.15, -0.1) is 0 Å². The van der Waals surface area contributed by atoms with Crippen LogP contribution in [0.2, 0.25) is 0 Å². The molecule has 0 heterocycles. The molecule has 0 spiro atoms. The van der Waals surface area contributed by atoms with Gasteiger partial charge in [-0.25, -0.2) is 0 Å². The van der Waals surface area contributed by atoms with Crippen molar-refractivity contribution in [1.82, 2.24) is 0 Å². The lowest BCUT2D eigenvalue weighted by Gasteiger charge is -2.10. The van der Waals surface area contributed by atoms with Gasteiger partial charge in [0.25, 0.3) is 0 Å². The van der Waals surface area contributed by atoms with Crippen molar-refractivity contribution in [3.63, 3.8) is 0 Å². The maximum atomic E-state index is 9.14. The lowest BCUT2D eigenvalue weighted by Crippen LogP contribution is -2.10. The number of aliphatic hydroxyl groups is 2. The second kappa shape index (κ2) is 10.9. The molecule has 3 aromatic carbocycles. The molecule has 0 amide bonds. The van der Waals surface area contributed by atoms with Crippen molar-refractivity contribution in [3.8, 4) is 11.1 Å². The average Bonchev–Trinajstić information content (AvgIpc) is 2.77. The van der Waals surface area contributed by atoms with Gasteiger partial charge in [-0.05, 0) is 66.8 Å². The van der Waals surface area contributed by atoms with Gasteiger partial charge in [0.1, 0.15) is 0 Å². The van der Waals surface area contributed by atoms with E-state index in [0.717, 1.165) is 32.1 Å². The van der Waals surface area contributed by atoms with Crippen molar-refractivity contribution < 1.29 is 10.2 Å². The van der Waals surface area contributed by atoms with Gasteiger partial charge in [0.05, 0.1) is 0 Å². The minimum absolute atomic E-state index is 0.0201. The van der Waals surface area contributed by atoms with Crippen LogP contribution in [0.1, 0.15) is 35.1 Å². The Morgan fingerprint density at radius 1 is 0.586 bits per heavy atom. The molecule has 2 heteroatoms. The van der Waals surface area contributed by atoms with E-state index in [-0.39, 0.29) is 19.1 Å². The quantitative estimate of drug-likeness (QED) is 0.490. The van der Waals surface area contributed by atoms with E-state index in [0.29, 0.717) is 0 Å². The standard InChI is InChI=1S/C27H32O2/c1-21-5-15-26(16-6-21)27-17-13-24(14-18-27)12-11-23-9-7-22(8-10-23)3-2-4-25(19-28)20-29/h5-10,13-18,25,28-29H,2-4,11-12,19-20H2,1H3. The van der Waals surface area contributed by atoms with E-state index < -0.39 is 0 Å². The molecule has 0 bridgehead atoms. The first-order valence-corrected chi connectivity index (χ1v) is 10.6. The maximum absolute atomic E-state index is 9.14. The van der Waals surface area contributed by atoms with Gasteiger partial charge >= 0.3 is 0 Å². The highest BCUT2D eigenvalue weighted by Crippen LogP contribution is 2.21. The molecule has 2 N–H and O–H groups in total. The van der Waals surface area contributed by atoms with Gasteiger partial charge in [0.15, 0.2) is 0 Å². The normalized spacial score (nSPS) is 11.2. The summed E-state index contributed by atoms with van der Waals surface area (Å²) in [6, 6.07) is 26.5.